The number of rotatable bonds is 5. The number of halogens is 1. The first-order valence-corrected chi connectivity index (χ1v) is 7.57. The zero-order valence-electron chi connectivity index (χ0n) is 10.7. The maximum absolute atomic E-state index is 6.33. The molecule has 0 fully saturated rings. The highest BCUT2D eigenvalue weighted by atomic mass is 35.5. The molecule has 18 heavy (non-hydrogen) atoms. The van der Waals surface area contributed by atoms with Gasteiger partial charge in [0, 0.05) is 9.90 Å². The predicted octanol–water partition coefficient (Wildman–Crippen LogP) is 4.66. The summed E-state index contributed by atoms with van der Waals surface area (Å²) in [6, 6.07) is 10.5. The molecule has 96 valence electrons. The molecule has 0 aliphatic heterocycles. The van der Waals surface area contributed by atoms with Crippen molar-refractivity contribution in [2.45, 2.75) is 26.3 Å². The summed E-state index contributed by atoms with van der Waals surface area (Å²) in [5, 5.41) is 6.54. The Kier molecular flexibility index (Phi) is 4.81. The lowest BCUT2D eigenvalue weighted by molar-refractivity contribution is 0.635. The second-order valence-corrected chi connectivity index (χ2v) is 5.53. The van der Waals surface area contributed by atoms with E-state index in [4.69, 9.17) is 11.6 Å². The van der Waals surface area contributed by atoms with Gasteiger partial charge in [-0.05, 0) is 41.6 Å². The highest BCUT2D eigenvalue weighted by Gasteiger charge is 2.19. The summed E-state index contributed by atoms with van der Waals surface area (Å²) in [6.07, 6.45) is 1.06. The SMILES string of the molecule is CCNC(c1ccccc1Cl)c1sccc1CC. The third-order valence-corrected chi connectivity index (χ3v) is 4.42. The van der Waals surface area contributed by atoms with Crippen molar-refractivity contribution in [2.75, 3.05) is 6.54 Å². The molecule has 0 aliphatic rings. The molecular formula is C15H18ClNS. The fourth-order valence-corrected chi connectivity index (χ4v) is 3.48. The van der Waals surface area contributed by atoms with Gasteiger partial charge in [-0.25, -0.2) is 0 Å². The number of thiophene rings is 1. The van der Waals surface area contributed by atoms with Crippen molar-refractivity contribution in [3.8, 4) is 0 Å². The van der Waals surface area contributed by atoms with Crippen LogP contribution in [0.25, 0.3) is 0 Å². The van der Waals surface area contributed by atoms with E-state index < -0.39 is 0 Å². The van der Waals surface area contributed by atoms with Crippen molar-refractivity contribution < 1.29 is 0 Å². The van der Waals surface area contributed by atoms with Crippen LogP contribution in [0.1, 0.15) is 35.9 Å². The number of hydrogen-bond acceptors (Lipinski definition) is 2. The summed E-state index contributed by atoms with van der Waals surface area (Å²) in [7, 11) is 0. The second-order valence-electron chi connectivity index (χ2n) is 4.18. The van der Waals surface area contributed by atoms with Crippen molar-refractivity contribution in [1.29, 1.82) is 0 Å². The van der Waals surface area contributed by atoms with Crippen LogP contribution in [-0.2, 0) is 6.42 Å². The molecule has 2 aromatic rings. The first-order valence-electron chi connectivity index (χ1n) is 6.32. The first kappa shape index (κ1) is 13.6. The fourth-order valence-electron chi connectivity index (χ4n) is 2.15. The van der Waals surface area contributed by atoms with E-state index in [1.807, 2.05) is 18.2 Å². The molecule has 1 aromatic heterocycles. The Labute approximate surface area is 118 Å². The third-order valence-electron chi connectivity index (χ3n) is 3.05. The summed E-state index contributed by atoms with van der Waals surface area (Å²) in [4.78, 5) is 1.38. The molecule has 0 saturated heterocycles. The Balaban J connectivity index is 2.43. The van der Waals surface area contributed by atoms with Gasteiger partial charge in [-0.3, -0.25) is 0 Å². The third kappa shape index (κ3) is 2.77. The van der Waals surface area contributed by atoms with Crippen LogP contribution in [-0.4, -0.2) is 6.54 Å². The van der Waals surface area contributed by atoms with Gasteiger partial charge in [0.05, 0.1) is 6.04 Å². The summed E-state index contributed by atoms with van der Waals surface area (Å²) in [6.45, 7) is 5.25. The number of hydrogen-bond donors (Lipinski definition) is 1. The van der Waals surface area contributed by atoms with Crippen LogP contribution in [0.15, 0.2) is 35.7 Å². The molecule has 0 saturated carbocycles. The van der Waals surface area contributed by atoms with Crippen molar-refractivity contribution in [3.63, 3.8) is 0 Å². The normalized spacial score (nSPS) is 12.6. The smallest absolute Gasteiger partial charge is 0.0688 e. The Morgan fingerprint density at radius 2 is 2.00 bits per heavy atom. The summed E-state index contributed by atoms with van der Waals surface area (Å²) in [5.74, 6) is 0. The maximum atomic E-state index is 6.33. The summed E-state index contributed by atoms with van der Waals surface area (Å²) >= 11 is 8.14. The first-order chi connectivity index (χ1) is 8.77. The van der Waals surface area contributed by atoms with Crippen molar-refractivity contribution >= 4 is 22.9 Å². The lowest BCUT2D eigenvalue weighted by atomic mass is 10.0. The minimum atomic E-state index is 0.207. The fraction of sp³-hybridized carbons (Fsp3) is 0.333. The molecule has 1 heterocycles. The van der Waals surface area contributed by atoms with Gasteiger partial charge in [0.25, 0.3) is 0 Å². The lowest BCUT2D eigenvalue weighted by Crippen LogP contribution is -2.22. The van der Waals surface area contributed by atoms with Gasteiger partial charge >= 0.3 is 0 Å². The van der Waals surface area contributed by atoms with Crippen LogP contribution < -0.4 is 5.32 Å². The van der Waals surface area contributed by atoms with E-state index >= 15 is 0 Å². The minimum absolute atomic E-state index is 0.207. The molecule has 0 spiro atoms. The zero-order valence-corrected chi connectivity index (χ0v) is 12.3. The summed E-state index contributed by atoms with van der Waals surface area (Å²) in [5.41, 5.74) is 2.57. The Bertz CT molecular complexity index is 507. The molecule has 1 N–H and O–H groups in total. The molecule has 0 radical (unpaired) electrons. The highest BCUT2D eigenvalue weighted by Crippen LogP contribution is 2.33. The van der Waals surface area contributed by atoms with Crippen LogP contribution >= 0.6 is 22.9 Å². The minimum Gasteiger partial charge on any atom is -0.306 e. The van der Waals surface area contributed by atoms with Gasteiger partial charge in [0.1, 0.15) is 0 Å². The van der Waals surface area contributed by atoms with Crippen LogP contribution in [0.2, 0.25) is 5.02 Å². The molecular weight excluding hydrogens is 262 g/mol. The van der Waals surface area contributed by atoms with E-state index in [0.717, 1.165) is 23.6 Å². The maximum Gasteiger partial charge on any atom is 0.0688 e. The van der Waals surface area contributed by atoms with Gasteiger partial charge in [0.15, 0.2) is 0 Å². The van der Waals surface area contributed by atoms with E-state index in [1.165, 1.54) is 10.4 Å². The van der Waals surface area contributed by atoms with Gasteiger partial charge in [-0.1, -0.05) is 43.6 Å². The Morgan fingerprint density at radius 1 is 1.22 bits per heavy atom. The van der Waals surface area contributed by atoms with Gasteiger partial charge in [-0.15, -0.1) is 11.3 Å². The van der Waals surface area contributed by atoms with Crippen LogP contribution in [0.3, 0.4) is 0 Å². The van der Waals surface area contributed by atoms with E-state index in [0.29, 0.717) is 0 Å². The van der Waals surface area contributed by atoms with E-state index in [-0.39, 0.29) is 6.04 Å². The van der Waals surface area contributed by atoms with Gasteiger partial charge in [-0.2, -0.15) is 0 Å². The molecule has 0 amide bonds. The Morgan fingerprint density at radius 3 is 2.67 bits per heavy atom. The quantitative estimate of drug-likeness (QED) is 0.839. The van der Waals surface area contributed by atoms with Gasteiger partial charge < -0.3 is 5.32 Å². The average Bonchev–Trinajstić information content (AvgIpc) is 2.85. The topological polar surface area (TPSA) is 12.0 Å². The van der Waals surface area contributed by atoms with E-state index in [1.54, 1.807) is 11.3 Å². The number of aryl methyl sites for hydroxylation is 1. The van der Waals surface area contributed by atoms with Gasteiger partial charge in [0.2, 0.25) is 0 Å². The van der Waals surface area contributed by atoms with E-state index in [2.05, 4.69) is 36.7 Å². The van der Waals surface area contributed by atoms with Crippen LogP contribution in [0.5, 0.6) is 0 Å². The number of benzene rings is 1. The molecule has 1 unspecified atom stereocenters. The van der Waals surface area contributed by atoms with Crippen molar-refractivity contribution in [3.05, 3.63) is 56.7 Å². The monoisotopic (exact) mass is 279 g/mol. The second kappa shape index (κ2) is 6.37. The van der Waals surface area contributed by atoms with Crippen LogP contribution in [0, 0.1) is 0 Å². The molecule has 1 nitrogen and oxygen atoms in total. The standard InChI is InChI=1S/C15H18ClNS/c1-3-11-9-10-18-15(11)14(17-4-2)12-7-5-6-8-13(12)16/h5-10,14,17H,3-4H2,1-2H3. The molecule has 0 aliphatic carbocycles. The van der Waals surface area contributed by atoms with Crippen molar-refractivity contribution in [1.82, 2.24) is 5.32 Å². The van der Waals surface area contributed by atoms with E-state index in [9.17, 15) is 0 Å². The molecule has 0 bridgehead atoms. The molecule has 1 aromatic carbocycles. The highest BCUT2D eigenvalue weighted by molar-refractivity contribution is 7.10. The largest absolute Gasteiger partial charge is 0.306 e. The predicted molar refractivity (Wildman–Crippen MR) is 80.7 cm³/mol. The number of nitrogens with one attached hydrogen (secondary N) is 1. The van der Waals surface area contributed by atoms with Crippen molar-refractivity contribution in [2.24, 2.45) is 0 Å². The zero-order chi connectivity index (χ0) is 13.0. The molecule has 1 atom stereocenters. The molecule has 3 heteroatoms. The van der Waals surface area contributed by atoms with Crippen LogP contribution in [0.4, 0.5) is 0 Å². The average molecular weight is 280 g/mol. The Hall–Kier alpha value is -0.830. The lowest BCUT2D eigenvalue weighted by Gasteiger charge is -2.20. The molecule has 2 rings (SSSR count). The summed E-state index contributed by atoms with van der Waals surface area (Å²) < 4.78 is 0.